The number of hydrogen-bond donors (Lipinski definition) is 1. The molecular formula is C42H55Br2N3O6. The average Bonchev–Trinajstić information content (AvgIpc) is 3.54. The molecule has 4 aromatic rings. The molecule has 2 aromatic heterocycles. The minimum atomic E-state index is -0.414. The Morgan fingerprint density at radius 1 is 0.736 bits per heavy atom. The Hall–Kier alpha value is -3.33. The summed E-state index contributed by atoms with van der Waals surface area (Å²) >= 11 is 7.78. The highest BCUT2D eigenvalue weighted by atomic mass is 79.9. The summed E-state index contributed by atoms with van der Waals surface area (Å²) in [6, 6.07) is 13.6. The third kappa shape index (κ3) is 12.3. The number of hydrogen-bond acceptors (Lipinski definition) is 7. The molecule has 0 unspecified atom stereocenters. The normalized spacial score (nSPS) is 14.9. The second-order valence-electron chi connectivity index (χ2n) is 15.1. The van der Waals surface area contributed by atoms with Crippen LogP contribution in [0.1, 0.15) is 132 Å². The van der Waals surface area contributed by atoms with Crippen molar-refractivity contribution < 1.29 is 28.7 Å². The van der Waals surface area contributed by atoms with Crippen molar-refractivity contribution in [3.05, 3.63) is 67.9 Å². The highest BCUT2D eigenvalue weighted by Crippen LogP contribution is 2.44. The molecule has 2 aliphatic carbocycles. The molecule has 53 heavy (non-hydrogen) atoms. The maximum atomic E-state index is 12.1. The molecule has 0 amide bonds. The van der Waals surface area contributed by atoms with E-state index in [2.05, 4.69) is 91.2 Å². The fourth-order valence-electron chi connectivity index (χ4n) is 7.81. The van der Waals surface area contributed by atoms with Gasteiger partial charge < -0.3 is 19.6 Å². The third-order valence-electron chi connectivity index (χ3n) is 9.95. The van der Waals surface area contributed by atoms with Crippen LogP contribution in [0.5, 0.6) is 0 Å². The number of ether oxygens (including phenoxy) is 1. The van der Waals surface area contributed by atoms with Crippen LogP contribution in [0.2, 0.25) is 0 Å². The molecular weight excluding hydrogens is 802 g/mol. The van der Waals surface area contributed by atoms with Crippen LogP contribution in [0, 0.1) is 13.8 Å². The highest BCUT2D eigenvalue weighted by molar-refractivity contribution is 9.10. The quantitative estimate of drug-likeness (QED) is 0.175. The molecule has 0 aliphatic heterocycles. The maximum absolute atomic E-state index is 12.1. The molecule has 11 heteroatoms. The van der Waals surface area contributed by atoms with Crippen LogP contribution in [-0.2, 0) is 41.8 Å². The Bertz CT molecular complexity index is 1850. The molecule has 2 aliphatic rings. The number of fused-ring (bicyclic) bond motifs is 2. The van der Waals surface area contributed by atoms with Crippen molar-refractivity contribution in [3.8, 4) is 0 Å². The topological polar surface area (TPSA) is 130 Å². The predicted molar refractivity (Wildman–Crippen MR) is 215 cm³/mol. The summed E-state index contributed by atoms with van der Waals surface area (Å²) < 4.78 is 12.6. The monoisotopic (exact) mass is 855 g/mol. The number of nitrogens with two attached hydrogens (primary N) is 1. The van der Waals surface area contributed by atoms with Crippen molar-refractivity contribution >= 4 is 71.9 Å². The van der Waals surface area contributed by atoms with Crippen molar-refractivity contribution in [2.24, 2.45) is 5.73 Å². The molecule has 2 saturated carbocycles. The Labute approximate surface area is 330 Å². The third-order valence-corrected chi connectivity index (χ3v) is 11.7. The lowest BCUT2D eigenvalue weighted by Crippen LogP contribution is -2.23. The number of rotatable bonds is 8. The van der Waals surface area contributed by atoms with Gasteiger partial charge in [0, 0.05) is 47.9 Å². The number of aryl methyl sites for hydroxylation is 3. The predicted octanol–water partition coefficient (Wildman–Crippen LogP) is 10.4. The van der Waals surface area contributed by atoms with E-state index < -0.39 is 5.60 Å². The number of carbonyl (C=O) groups excluding carboxylic acids is 5. The zero-order chi connectivity index (χ0) is 39.1. The smallest absolute Gasteiger partial charge is 0.373 e. The summed E-state index contributed by atoms with van der Waals surface area (Å²) in [5.74, 6) is 1.24. The zero-order valence-electron chi connectivity index (χ0n) is 31.9. The largest absolute Gasteiger partial charge is 0.460 e. The van der Waals surface area contributed by atoms with Gasteiger partial charge in [0.15, 0.2) is 0 Å². The van der Waals surface area contributed by atoms with Gasteiger partial charge in [0.1, 0.15) is 5.60 Å². The van der Waals surface area contributed by atoms with E-state index in [0.29, 0.717) is 24.8 Å². The number of esters is 1. The van der Waals surface area contributed by atoms with E-state index in [1.807, 2.05) is 20.8 Å². The molecule has 2 aromatic carbocycles. The van der Waals surface area contributed by atoms with Crippen molar-refractivity contribution in [3.63, 3.8) is 0 Å². The molecule has 9 nitrogen and oxygen atoms in total. The number of halogens is 2. The van der Waals surface area contributed by atoms with Gasteiger partial charge in [-0.3, -0.25) is 4.79 Å². The van der Waals surface area contributed by atoms with E-state index in [0.717, 1.165) is 19.5 Å². The van der Waals surface area contributed by atoms with E-state index >= 15 is 0 Å². The molecule has 0 spiro atoms. The average molecular weight is 858 g/mol. The van der Waals surface area contributed by atoms with E-state index in [9.17, 15) is 4.79 Å². The van der Waals surface area contributed by atoms with Crippen LogP contribution in [0.4, 0.5) is 0 Å². The molecule has 0 bridgehead atoms. The minimum absolute atomic E-state index is 0.112. The number of benzene rings is 2. The second-order valence-corrected chi connectivity index (χ2v) is 16.6. The van der Waals surface area contributed by atoms with E-state index in [4.69, 9.17) is 29.6 Å². The van der Waals surface area contributed by atoms with Crippen molar-refractivity contribution in [1.82, 2.24) is 9.13 Å². The van der Waals surface area contributed by atoms with Crippen LogP contribution in [0.15, 0.2) is 45.6 Å². The SMILES string of the molecule is Cc1ccc2c(C3CCCCC3)c(Br)n(CCCC(=O)OC(C)(C)C)c2c1.Cc1ccc2c(C3CCCCC3)c(Br)n(CCN)c2c1.O=C=O.O=C=O. The molecule has 2 fully saturated rings. The fraction of sp³-hybridized carbons (Fsp3) is 0.548. The van der Waals surface area contributed by atoms with Crippen LogP contribution < -0.4 is 5.73 Å². The number of carbonyl (C=O) groups is 1. The Morgan fingerprint density at radius 2 is 1.13 bits per heavy atom. The lowest BCUT2D eigenvalue weighted by Gasteiger charge is -2.22. The first-order valence-electron chi connectivity index (χ1n) is 18.8. The summed E-state index contributed by atoms with van der Waals surface area (Å²) in [6.07, 6.45) is 15.1. The summed E-state index contributed by atoms with van der Waals surface area (Å²) in [5, 5.41) is 2.79. The maximum Gasteiger partial charge on any atom is 0.373 e. The highest BCUT2D eigenvalue weighted by Gasteiger charge is 2.26. The van der Waals surface area contributed by atoms with Gasteiger partial charge >= 0.3 is 18.3 Å². The van der Waals surface area contributed by atoms with Gasteiger partial charge in [0.05, 0.1) is 9.21 Å². The zero-order valence-corrected chi connectivity index (χ0v) is 35.1. The fourth-order valence-corrected chi connectivity index (χ4v) is 9.62. The van der Waals surface area contributed by atoms with Crippen LogP contribution >= 0.6 is 31.9 Å². The first-order chi connectivity index (χ1) is 25.3. The molecule has 288 valence electrons. The van der Waals surface area contributed by atoms with Crippen LogP contribution in [-0.4, -0.2) is 39.6 Å². The molecule has 2 N–H and O–H groups in total. The lowest BCUT2D eigenvalue weighted by molar-refractivity contribution is -0.193. The molecule has 6 rings (SSSR count). The number of aromatic nitrogens is 2. The first-order valence-corrected chi connectivity index (χ1v) is 20.4. The van der Waals surface area contributed by atoms with E-state index in [1.165, 1.54) is 117 Å². The van der Waals surface area contributed by atoms with Gasteiger partial charge in [-0.1, -0.05) is 62.8 Å². The van der Waals surface area contributed by atoms with Gasteiger partial charge in [-0.05, 0) is 145 Å². The van der Waals surface area contributed by atoms with Gasteiger partial charge in [0.25, 0.3) is 0 Å². The molecule has 0 radical (unpaired) electrons. The summed E-state index contributed by atoms with van der Waals surface area (Å²) in [5.41, 5.74) is 13.6. The Kier molecular flexibility index (Phi) is 17.9. The summed E-state index contributed by atoms with van der Waals surface area (Å²) in [7, 11) is 0. The van der Waals surface area contributed by atoms with Crippen molar-refractivity contribution in [2.45, 2.75) is 142 Å². The Balaban J connectivity index is 0.000000256. The van der Waals surface area contributed by atoms with Crippen LogP contribution in [0.25, 0.3) is 21.8 Å². The molecule has 0 atom stereocenters. The standard InChI is InChI=1S/C23H32BrNO2.C17H23BrN2.2CO2/c1-16-12-13-18-19(15-16)25(14-8-11-20(26)27-23(2,3)4)22(24)21(18)17-9-6-5-7-10-17;1-12-7-8-14-15(11-12)20(10-9-19)17(18)16(14)13-5-3-2-4-6-13;2*2-1-3/h12-13,15,17H,5-11,14H2,1-4H3;7-8,11,13H,2-6,9-10,19H2,1H3;;. The van der Waals surface area contributed by atoms with E-state index in [1.54, 1.807) is 0 Å². The lowest BCUT2D eigenvalue weighted by atomic mass is 9.84. The summed E-state index contributed by atoms with van der Waals surface area (Å²) in [6.45, 7) is 12.4. The summed E-state index contributed by atoms with van der Waals surface area (Å²) in [4.78, 5) is 44.6. The Morgan fingerprint density at radius 3 is 1.51 bits per heavy atom. The minimum Gasteiger partial charge on any atom is -0.460 e. The van der Waals surface area contributed by atoms with Gasteiger partial charge in [-0.25, -0.2) is 0 Å². The first kappa shape index (κ1) is 44.1. The molecule has 2 heterocycles. The second kappa shape index (κ2) is 21.5. The molecule has 0 saturated heterocycles. The number of nitrogens with zero attached hydrogens (tertiary/aromatic N) is 2. The van der Waals surface area contributed by atoms with Crippen molar-refractivity contribution in [2.75, 3.05) is 6.54 Å². The van der Waals surface area contributed by atoms with E-state index in [-0.39, 0.29) is 18.3 Å². The van der Waals surface area contributed by atoms with Gasteiger partial charge in [-0.15, -0.1) is 0 Å². The van der Waals surface area contributed by atoms with Gasteiger partial charge in [-0.2, -0.15) is 19.2 Å². The van der Waals surface area contributed by atoms with Gasteiger partial charge in [0.2, 0.25) is 0 Å². The van der Waals surface area contributed by atoms with Crippen LogP contribution in [0.3, 0.4) is 0 Å². The van der Waals surface area contributed by atoms with Crippen molar-refractivity contribution in [1.29, 1.82) is 0 Å².